The fraction of sp³-hybridized carbons (Fsp3) is 0.625. The van der Waals surface area contributed by atoms with E-state index in [1.165, 1.54) is 12.7 Å². The zero-order valence-corrected chi connectivity index (χ0v) is 25.8. The number of allylic oxidation sites excluding steroid dienone is 4. The zero-order chi connectivity index (χ0) is 28.9. The third kappa shape index (κ3) is 14.3. The minimum Gasteiger partial charge on any atom is -0.469 e. The summed E-state index contributed by atoms with van der Waals surface area (Å²) >= 11 is 0. The highest BCUT2D eigenvalue weighted by Gasteiger charge is 2.42. The van der Waals surface area contributed by atoms with Crippen molar-refractivity contribution in [3.63, 3.8) is 0 Å². The van der Waals surface area contributed by atoms with Gasteiger partial charge in [-0.15, -0.1) is 0 Å². The lowest BCUT2D eigenvalue weighted by Crippen LogP contribution is -2.17. The summed E-state index contributed by atoms with van der Waals surface area (Å²) in [6.45, 7) is 17.6. The van der Waals surface area contributed by atoms with Crippen LogP contribution in [0.2, 0.25) is 0 Å². The summed E-state index contributed by atoms with van der Waals surface area (Å²) in [5, 5.41) is 3.49. The number of esters is 1. The van der Waals surface area contributed by atoms with Gasteiger partial charge in [-0.05, 0) is 69.2 Å². The minimum absolute atomic E-state index is 0.0261. The summed E-state index contributed by atoms with van der Waals surface area (Å²) in [5.74, 6) is 1.32. The van der Waals surface area contributed by atoms with E-state index in [4.69, 9.17) is 4.99 Å². The average molecular weight is 527 g/mol. The van der Waals surface area contributed by atoms with E-state index >= 15 is 0 Å². The summed E-state index contributed by atoms with van der Waals surface area (Å²) < 4.78 is 4.57. The summed E-state index contributed by atoms with van der Waals surface area (Å²) in [4.78, 5) is 24.0. The Morgan fingerprint density at radius 3 is 2.32 bits per heavy atom. The number of pyridine rings is 1. The van der Waals surface area contributed by atoms with Crippen molar-refractivity contribution < 1.29 is 9.53 Å². The maximum absolute atomic E-state index is 10.7. The molecule has 0 radical (unpaired) electrons. The number of nitrogens with zero attached hydrogens (tertiary/aromatic N) is 3. The van der Waals surface area contributed by atoms with Gasteiger partial charge in [0, 0.05) is 55.2 Å². The number of hydrogen-bond acceptors (Lipinski definition) is 6. The molecule has 1 saturated carbocycles. The smallest absolute Gasteiger partial charge is 0.308 e. The maximum Gasteiger partial charge on any atom is 0.308 e. The first kappa shape index (κ1) is 35.2. The lowest BCUT2D eigenvalue weighted by Gasteiger charge is -2.18. The van der Waals surface area contributed by atoms with Crippen LogP contribution in [-0.2, 0) is 16.1 Å². The molecular weight excluding hydrogens is 472 g/mol. The van der Waals surface area contributed by atoms with Crippen LogP contribution in [0.15, 0.2) is 57.6 Å². The van der Waals surface area contributed by atoms with Gasteiger partial charge in [-0.3, -0.25) is 19.8 Å². The Balaban J connectivity index is 0.00000103. The number of ether oxygens (including phenoxy) is 1. The van der Waals surface area contributed by atoms with Crippen molar-refractivity contribution in [3.8, 4) is 0 Å². The molecule has 1 aromatic heterocycles. The minimum atomic E-state index is -0.0261. The fourth-order valence-corrected chi connectivity index (χ4v) is 4.10. The molecule has 1 aliphatic rings. The molecule has 6 nitrogen and oxygen atoms in total. The highest BCUT2D eigenvalue weighted by Crippen LogP contribution is 2.41. The average Bonchev–Trinajstić information content (AvgIpc) is 3.73. The second kappa shape index (κ2) is 21.2. The number of rotatable bonds is 13. The molecule has 1 aromatic rings. The molecule has 1 N–H and O–H groups in total. The largest absolute Gasteiger partial charge is 0.469 e. The van der Waals surface area contributed by atoms with Crippen molar-refractivity contribution in [1.82, 2.24) is 10.3 Å². The Hall–Kier alpha value is -2.76. The van der Waals surface area contributed by atoms with Crippen molar-refractivity contribution >= 4 is 17.9 Å². The summed E-state index contributed by atoms with van der Waals surface area (Å²) in [7, 11) is 3.25. The van der Waals surface area contributed by atoms with E-state index in [0.29, 0.717) is 11.8 Å². The lowest BCUT2D eigenvalue weighted by atomic mass is 9.92. The first-order valence-corrected chi connectivity index (χ1v) is 14.4. The van der Waals surface area contributed by atoms with E-state index in [-0.39, 0.29) is 11.9 Å². The first-order valence-electron chi connectivity index (χ1n) is 14.4. The number of nitrogens with one attached hydrogen (secondary N) is 1. The summed E-state index contributed by atoms with van der Waals surface area (Å²) in [6, 6.07) is 4.05. The highest BCUT2D eigenvalue weighted by atomic mass is 16.5. The Morgan fingerprint density at radius 1 is 1.18 bits per heavy atom. The van der Waals surface area contributed by atoms with E-state index in [2.05, 4.69) is 73.7 Å². The predicted molar refractivity (Wildman–Crippen MR) is 164 cm³/mol. The van der Waals surface area contributed by atoms with E-state index in [1.54, 1.807) is 13.2 Å². The summed E-state index contributed by atoms with van der Waals surface area (Å²) in [6.07, 6.45) is 14.6. The molecule has 38 heavy (non-hydrogen) atoms. The van der Waals surface area contributed by atoms with Crippen molar-refractivity contribution in [2.75, 3.05) is 14.2 Å². The van der Waals surface area contributed by atoms with E-state index in [0.717, 1.165) is 67.7 Å². The maximum atomic E-state index is 10.7. The molecule has 1 fully saturated rings. The first-order chi connectivity index (χ1) is 18.3. The molecule has 0 aliphatic heterocycles. The van der Waals surface area contributed by atoms with Crippen LogP contribution in [0.4, 0.5) is 0 Å². The molecule has 0 aromatic carbocycles. The SMILES string of the molecule is CC.CCC1CC1C(=O)OC.CCCC(CCC)C(/C=C(\C)NCc1cccnc1)=N/C(C)=C(\C)C=NC. The molecular formula is C32H54N4O2. The Morgan fingerprint density at radius 2 is 1.84 bits per heavy atom. The Labute approximate surface area is 233 Å². The highest BCUT2D eigenvalue weighted by molar-refractivity contribution is 5.98. The predicted octanol–water partition coefficient (Wildman–Crippen LogP) is 7.96. The summed E-state index contributed by atoms with van der Waals surface area (Å²) in [5.41, 5.74) is 5.61. The van der Waals surface area contributed by atoms with Crippen LogP contribution in [0.5, 0.6) is 0 Å². The molecule has 0 saturated heterocycles. The lowest BCUT2D eigenvalue weighted by molar-refractivity contribution is -0.142. The van der Waals surface area contributed by atoms with E-state index in [1.807, 2.05) is 32.3 Å². The molecule has 0 amide bonds. The number of carbonyl (C=O) groups is 1. The Bertz CT molecular complexity index is 897. The van der Waals surface area contributed by atoms with Gasteiger partial charge in [-0.2, -0.15) is 0 Å². The van der Waals surface area contributed by atoms with Gasteiger partial charge in [-0.1, -0.05) is 59.9 Å². The van der Waals surface area contributed by atoms with Gasteiger partial charge in [-0.25, -0.2) is 0 Å². The van der Waals surface area contributed by atoms with Crippen LogP contribution in [0.1, 0.15) is 99.5 Å². The molecule has 214 valence electrons. The van der Waals surface area contributed by atoms with E-state index < -0.39 is 0 Å². The molecule has 1 aliphatic carbocycles. The Kier molecular flexibility index (Phi) is 19.7. The third-order valence-electron chi connectivity index (χ3n) is 6.49. The van der Waals surface area contributed by atoms with Crippen molar-refractivity contribution in [2.24, 2.45) is 27.7 Å². The molecule has 2 rings (SSSR count). The quantitative estimate of drug-likeness (QED) is 0.209. The number of aromatic nitrogens is 1. The van der Waals surface area contributed by atoms with Crippen molar-refractivity contribution in [1.29, 1.82) is 0 Å². The van der Waals surface area contributed by atoms with Crippen LogP contribution in [0, 0.1) is 17.8 Å². The van der Waals surface area contributed by atoms with E-state index in [9.17, 15) is 4.79 Å². The van der Waals surface area contributed by atoms with Crippen LogP contribution in [-0.4, -0.2) is 37.0 Å². The van der Waals surface area contributed by atoms with Crippen LogP contribution in [0.25, 0.3) is 0 Å². The van der Waals surface area contributed by atoms with Gasteiger partial charge < -0.3 is 10.1 Å². The monoisotopic (exact) mass is 526 g/mol. The van der Waals surface area contributed by atoms with Gasteiger partial charge in [0.05, 0.1) is 13.0 Å². The fourth-order valence-electron chi connectivity index (χ4n) is 4.10. The van der Waals surface area contributed by atoms with Crippen molar-refractivity contribution in [2.45, 2.75) is 100 Å². The second-order valence-corrected chi connectivity index (χ2v) is 9.54. The molecule has 6 heteroatoms. The standard InChI is InChI=1S/C23H36N4.C7H12O2.C2H6/c1-7-10-22(11-8-2)23(27-20(5)18(3)15-24-6)14-19(4)26-17-21-12-9-13-25-16-21;1-3-5-4-6(5)7(8)9-2;1-2/h9,12-16,22,26H,7-8,10-11,17H2,1-6H3;5-6H,3-4H2,1-2H3;1-2H3/b19-14+,20-18+,24-15?,27-23+;;. The van der Waals surface area contributed by atoms with Crippen LogP contribution < -0.4 is 5.32 Å². The number of hydrogen-bond donors (Lipinski definition) is 1. The zero-order valence-electron chi connectivity index (χ0n) is 25.8. The molecule has 2 unspecified atom stereocenters. The molecule has 2 atom stereocenters. The van der Waals surface area contributed by atoms with Gasteiger partial charge in [0.25, 0.3) is 0 Å². The van der Waals surface area contributed by atoms with Crippen molar-refractivity contribution in [3.05, 3.63) is 53.1 Å². The molecule has 1 heterocycles. The normalized spacial score (nSPS) is 17.7. The molecule has 0 bridgehead atoms. The van der Waals surface area contributed by atoms with Crippen LogP contribution in [0.3, 0.4) is 0 Å². The molecule has 0 spiro atoms. The van der Waals surface area contributed by atoms with Gasteiger partial charge in [0.1, 0.15) is 0 Å². The van der Waals surface area contributed by atoms with Gasteiger partial charge in [0.15, 0.2) is 0 Å². The second-order valence-electron chi connectivity index (χ2n) is 9.54. The topological polar surface area (TPSA) is 75.9 Å². The van der Waals surface area contributed by atoms with Crippen LogP contribution >= 0.6 is 0 Å². The number of methoxy groups -OCH3 is 1. The number of aliphatic imine (C=N–C) groups is 2. The third-order valence-corrected chi connectivity index (χ3v) is 6.49. The van der Waals surface area contributed by atoms with Gasteiger partial charge in [0.2, 0.25) is 0 Å². The number of carbonyl (C=O) groups excluding carboxylic acids is 1. The van der Waals surface area contributed by atoms with Gasteiger partial charge >= 0.3 is 5.97 Å².